The van der Waals surface area contributed by atoms with Gasteiger partial charge in [0.15, 0.2) is 5.82 Å². The van der Waals surface area contributed by atoms with E-state index in [-0.39, 0.29) is 0 Å². The first-order chi connectivity index (χ1) is 7.04. The molecule has 1 rings (SSSR count). The van der Waals surface area contributed by atoms with Gasteiger partial charge < -0.3 is 10.5 Å². The van der Waals surface area contributed by atoms with Crippen LogP contribution in [-0.2, 0) is 17.8 Å². The van der Waals surface area contributed by atoms with Crippen LogP contribution in [0.3, 0.4) is 0 Å². The molecule has 0 saturated heterocycles. The van der Waals surface area contributed by atoms with Gasteiger partial charge in [0.05, 0.1) is 10.2 Å². The van der Waals surface area contributed by atoms with Crippen LogP contribution >= 0.6 is 15.9 Å². The summed E-state index contributed by atoms with van der Waals surface area (Å²) in [5, 5.41) is 0. The molecule has 1 aromatic rings. The minimum absolute atomic E-state index is 0.391. The molecule has 0 unspecified atom stereocenters. The number of nitrogens with two attached hydrogens (primary N) is 1. The molecule has 0 amide bonds. The highest BCUT2D eigenvalue weighted by atomic mass is 79.9. The van der Waals surface area contributed by atoms with Crippen LogP contribution < -0.4 is 5.73 Å². The first-order valence-electron chi connectivity index (χ1n) is 4.84. The zero-order chi connectivity index (χ0) is 11.4. The van der Waals surface area contributed by atoms with Crippen molar-refractivity contribution in [2.45, 2.75) is 26.9 Å². The largest absolute Gasteiger partial charge is 0.383 e. The van der Waals surface area contributed by atoms with Crippen LogP contribution in [0.15, 0.2) is 4.47 Å². The van der Waals surface area contributed by atoms with E-state index in [0.29, 0.717) is 24.2 Å². The van der Waals surface area contributed by atoms with Crippen molar-refractivity contribution in [1.29, 1.82) is 0 Å². The molecular weight excluding hydrogens is 258 g/mol. The molecule has 0 bridgehead atoms. The number of aromatic nitrogens is 2. The van der Waals surface area contributed by atoms with Gasteiger partial charge in [-0.15, -0.1) is 0 Å². The minimum atomic E-state index is 0.391. The van der Waals surface area contributed by atoms with Gasteiger partial charge >= 0.3 is 0 Å². The fourth-order valence-electron chi connectivity index (χ4n) is 1.28. The lowest BCUT2D eigenvalue weighted by molar-refractivity contribution is 0.177. The van der Waals surface area contributed by atoms with Crippen LogP contribution in [0, 0.1) is 5.92 Å². The molecule has 0 atom stereocenters. The van der Waals surface area contributed by atoms with E-state index in [9.17, 15) is 0 Å². The lowest BCUT2D eigenvalue weighted by atomic mass is 10.1. The van der Waals surface area contributed by atoms with E-state index in [1.807, 2.05) is 0 Å². The highest BCUT2D eigenvalue weighted by molar-refractivity contribution is 9.10. The number of rotatable bonds is 4. The van der Waals surface area contributed by atoms with Crippen LogP contribution in [-0.4, -0.2) is 17.1 Å². The summed E-state index contributed by atoms with van der Waals surface area (Å²) in [5.74, 6) is 1.65. The van der Waals surface area contributed by atoms with E-state index < -0.39 is 0 Å². The highest BCUT2D eigenvalue weighted by Gasteiger charge is 2.11. The molecule has 1 aromatic heterocycles. The molecule has 0 fully saturated rings. The van der Waals surface area contributed by atoms with Gasteiger partial charge in [0.25, 0.3) is 0 Å². The van der Waals surface area contributed by atoms with Gasteiger partial charge in [0.1, 0.15) is 12.4 Å². The molecular formula is C10H16BrN3O. The predicted octanol–water partition coefficient (Wildman–Crippen LogP) is 2.17. The van der Waals surface area contributed by atoms with Crippen LogP contribution in [0.25, 0.3) is 0 Å². The van der Waals surface area contributed by atoms with E-state index in [2.05, 4.69) is 39.7 Å². The standard InChI is InChI=1S/C10H16BrN3O/c1-6(2)4-7-9(11)10(12)14-8(13-7)5-15-3/h6H,4-5H2,1-3H3,(H2,12,13,14). The van der Waals surface area contributed by atoms with Crippen LogP contribution in [0.5, 0.6) is 0 Å². The fraction of sp³-hybridized carbons (Fsp3) is 0.600. The van der Waals surface area contributed by atoms with E-state index in [0.717, 1.165) is 16.6 Å². The maximum atomic E-state index is 5.77. The Morgan fingerprint density at radius 2 is 2.07 bits per heavy atom. The zero-order valence-corrected chi connectivity index (χ0v) is 10.8. The number of ether oxygens (including phenoxy) is 1. The Balaban J connectivity index is 3.01. The third-order valence-corrected chi connectivity index (χ3v) is 2.73. The maximum Gasteiger partial charge on any atom is 0.156 e. The topological polar surface area (TPSA) is 61.0 Å². The first-order valence-corrected chi connectivity index (χ1v) is 5.63. The summed E-state index contributed by atoms with van der Waals surface area (Å²) < 4.78 is 5.79. The van der Waals surface area contributed by atoms with Gasteiger partial charge in [-0.05, 0) is 28.3 Å². The van der Waals surface area contributed by atoms with E-state index in [4.69, 9.17) is 10.5 Å². The number of methoxy groups -OCH3 is 1. The van der Waals surface area contributed by atoms with Crippen LogP contribution in [0.2, 0.25) is 0 Å². The summed E-state index contributed by atoms with van der Waals surface area (Å²) in [4.78, 5) is 8.53. The van der Waals surface area contributed by atoms with Gasteiger partial charge in [-0.1, -0.05) is 13.8 Å². The second-order valence-electron chi connectivity index (χ2n) is 3.82. The number of hydrogen-bond donors (Lipinski definition) is 1. The number of anilines is 1. The Labute approximate surface area is 98.4 Å². The Morgan fingerprint density at radius 1 is 1.40 bits per heavy atom. The van der Waals surface area contributed by atoms with Crippen molar-refractivity contribution in [3.8, 4) is 0 Å². The summed E-state index contributed by atoms with van der Waals surface area (Å²) in [7, 11) is 1.61. The quantitative estimate of drug-likeness (QED) is 0.914. The molecule has 0 aliphatic carbocycles. The minimum Gasteiger partial charge on any atom is -0.383 e. The predicted molar refractivity (Wildman–Crippen MR) is 63.4 cm³/mol. The fourth-order valence-corrected chi connectivity index (χ4v) is 1.62. The second-order valence-corrected chi connectivity index (χ2v) is 4.61. The normalized spacial score (nSPS) is 11.0. The molecule has 0 spiro atoms. The molecule has 15 heavy (non-hydrogen) atoms. The second kappa shape index (κ2) is 5.42. The Kier molecular flexibility index (Phi) is 4.47. The third kappa shape index (κ3) is 3.43. The highest BCUT2D eigenvalue weighted by Crippen LogP contribution is 2.23. The van der Waals surface area contributed by atoms with Crippen molar-refractivity contribution in [2.24, 2.45) is 5.92 Å². The molecule has 0 aromatic carbocycles. The lowest BCUT2D eigenvalue weighted by Crippen LogP contribution is -2.08. The van der Waals surface area contributed by atoms with Gasteiger partial charge in [0, 0.05) is 7.11 Å². The monoisotopic (exact) mass is 273 g/mol. The average Bonchev–Trinajstić information content (AvgIpc) is 2.13. The Hall–Kier alpha value is -0.680. The van der Waals surface area contributed by atoms with Gasteiger partial charge in [-0.3, -0.25) is 0 Å². The smallest absolute Gasteiger partial charge is 0.156 e. The van der Waals surface area contributed by atoms with Crippen molar-refractivity contribution >= 4 is 21.7 Å². The SMILES string of the molecule is COCc1nc(N)c(Br)c(CC(C)C)n1. The number of hydrogen-bond acceptors (Lipinski definition) is 4. The molecule has 5 heteroatoms. The number of nitrogen functional groups attached to an aromatic ring is 1. The molecule has 0 saturated carbocycles. The van der Waals surface area contributed by atoms with Crippen LogP contribution in [0.1, 0.15) is 25.4 Å². The van der Waals surface area contributed by atoms with Gasteiger partial charge in [-0.2, -0.15) is 0 Å². The summed E-state index contributed by atoms with van der Waals surface area (Å²) >= 11 is 3.40. The van der Waals surface area contributed by atoms with Gasteiger partial charge in [0.2, 0.25) is 0 Å². The van der Waals surface area contributed by atoms with E-state index >= 15 is 0 Å². The third-order valence-electron chi connectivity index (χ3n) is 1.87. The average molecular weight is 274 g/mol. The summed E-state index contributed by atoms with van der Waals surface area (Å²) in [6.07, 6.45) is 0.879. The Morgan fingerprint density at radius 3 is 2.60 bits per heavy atom. The molecule has 2 N–H and O–H groups in total. The van der Waals surface area contributed by atoms with Gasteiger partial charge in [-0.25, -0.2) is 9.97 Å². The molecule has 0 aliphatic rings. The number of nitrogens with zero attached hydrogens (tertiary/aromatic N) is 2. The van der Waals surface area contributed by atoms with Crippen molar-refractivity contribution in [3.05, 3.63) is 16.0 Å². The first kappa shape index (κ1) is 12.4. The summed E-state index contributed by atoms with van der Waals surface area (Å²) in [6, 6.07) is 0. The van der Waals surface area contributed by atoms with Crippen molar-refractivity contribution in [3.63, 3.8) is 0 Å². The van der Waals surface area contributed by atoms with E-state index in [1.165, 1.54) is 0 Å². The van der Waals surface area contributed by atoms with E-state index in [1.54, 1.807) is 7.11 Å². The van der Waals surface area contributed by atoms with Crippen LogP contribution in [0.4, 0.5) is 5.82 Å². The lowest BCUT2D eigenvalue weighted by Gasteiger charge is -2.10. The number of halogens is 1. The molecule has 4 nitrogen and oxygen atoms in total. The summed E-state index contributed by atoms with van der Waals surface area (Å²) in [6.45, 7) is 4.67. The molecule has 0 radical (unpaired) electrons. The van der Waals surface area contributed by atoms with Crippen molar-refractivity contribution in [1.82, 2.24) is 9.97 Å². The zero-order valence-electron chi connectivity index (χ0n) is 9.25. The van der Waals surface area contributed by atoms with Crippen molar-refractivity contribution < 1.29 is 4.74 Å². The Bertz CT molecular complexity index is 342. The molecule has 84 valence electrons. The summed E-state index contributed by atoms with van der Waals surface area (Å²) in [5.41, 5.74) is 6.72. The van der Waals surface area contributed by atoms with Crippen molar-refractivity contribution in [2.75, 3.05) is 12.8 Å². The molecule has 1 heterocycles. The maximum absolute atomic E-state index is 5.77. The molecule has 0 aliphatic heterocycles.